The number of hydrogen-bond donors (Lipinski definition) is 2. The first-order valence-electron chi connectivity index (χ1n) is 16.6. The smallest absolute Gasteiger partial charge is 0.205 e. The fraction of sp³-hybridized carbons (Fsp3) is 0.250. The quantitative estimate of drug-likeness (QED) is 0.112. The predicted octanol–water partition coefficient (Wildman–Crippen LogP) is 6.03. The van der Waals surface area contributed by atoms with Gasteiger partial charge in [0.15, 0.2) is 22.2 Å². The molecular weight excluding hydrogens is 670 g/mol. The van der Waals surface area contributed by atoms with Gasteiger partial charge in [-0.25, -0.2) is 0 Å². The molecule has 0 radical (unpaired) electrons. The minimum atomic E-state index is -0.377. The van der Waals surface area contributed by atoms with Crippen molar-refractivity contribution in [1.29, 1.82) is 0 Å². The molecule has 6 aromatic rings. The summed E-state index contributed by atoms with van der Waals surface area (Å²) in [6.07, 6.45) is 0. The van der Waals surface area contributed by atoms with Crippen molar-refractivity contribution in [2.45, 2.75) is 0 Å². The molecule has 0 spiro atoms. The predicted molar refractivity (Wildman–Crippen MR) is 198 cm³/mol. The third kappa shape index (κ3) is 9.77. The number of fused-ring (bicyclic) bond motifs is 2. The molecule has 12 heteroatoms. The molecule has 2 heterocycles. The number of nitrogens with two attached hydrogens (primary N) is 1. The van der Waals surface area contributed by atoms with Crippen LogP contribution in [0.3, 0.4) is 0 Å². The molecule has 52 heavy (non-hydrogen) atoms. The summed E-state index contributed by atoms with van der Waals surface area (Å²) in [7, 11) is 3.06. The SMILES string of the molecule is COCCOc1ccc2c(=O)cc(-c3ccccc3)oc2c1.COc1c(OCCOCCOCCN)cc(O)c2c(=O)cc(-c3ccccc3)oc12. The molecule has 0 amide bonds. The van der Waals surface area contributed by atoms with Crippen molar-refractivity contribution in [2.75, 3.05) is 67.0 Å². The Bertz CT molecular complexity index is 2150. The van der Waals surface area contributed by atoms with Crippen LogP contribution in [-0.4, -0.2) is 72.1 Å². The number of phenolic OH excluding ortho intramolecular Hbond substituents is 1. The lowest BCUT2D eigenvalue weighted by atomic mass is 10.1. The topological polar surface area (TPSA) is 162 Å². The van der Waals surface area contributed by atoms with Gasteiger partial charge in [0.25, 0.3) is 0 Å². The Kier molecular flexibility index (Phi) is 13.8. The van der Waals surface area contributed by atoms with Crippen LogP contribution in [0.2, 0.25) is 0 Å². The van der Waals surface area contributed by atoms with E-state index >= 15 is 0 Å². The minimum Gasteiger partial charge on any atom is -0.507 e. The van der Waals surface area contributed by atoms with Crippen molar-refractivity contribution in [3.63, 3.8) is 0 Å². The van der Waals surface area contributed by atoms with E-state index in [0.717, 1.165) is 11.1 Å². The maximum Gasteiger partial charge on any atom is 0.205 e. The van der Waals surface area contributed by atoms with Gasteiger partial charge < -0.3 is 48.1 Å². The van der Waals surface area contributed by atoms with Crippen LogP contribution in [0.5, 0.6) is 23.0 Å². The van der Waals surface area contributed by atoms with Gasteiger partial charge >= 0.3 is 0 Å². The van der Waals surface area contributed by atoms with Gasteiger partial charge in [0.1, 0.15) is 47.2 Å². The van der Waals surface area contributed by atoms with Crippen LogP contribution in [0, 0.1) is 0 Å². The summed E-state index contributed by atoms with van der Waals surface area (Å²) in [6, 6.07) is 28.2. The lowest BCUT2D eigenvalue weighted by Gasteiger charge is -2.14. The molecule has 0 aliphatic heterocycles. The van der Waals surface area contributed by atoms with Crippen LogP contribution in [0.1, 0.15) is 0 Å². The second-order valence-electron chi connectivity index (χ2n) is 11.2. The average molecular weight is 712 g/mol. The zero-order chi connectivity index (χ0) is 36.7. The number of benzene rings is 4. The molecule has 0 bridgehead atoms. The summed E-state index contributed by atoms with van der Waals surface area (Å²) in [6.45, 7) is 3.29. The number of methoxy groups -OCH3 is 2. The van der Waals surface area contributed by atoms with Crippen molar-refractivity contribution in [1.82, 2.24) is 0 Å². The molecule has 12 nitrogen and oxygen atoms in total. The van der Waals surface area contributed by atoms with E-state index in [4.69, 9.17) is 43.0 Å². The fourth-order valence-corrected chi connectivity index (χ4v) is 5.14. The molecule has 0 fully saturated rings. The number of hydrogen-bond acceptors (Lipinski definition) is 12. The first-order chi connectivity index (χ1) is 25.4. The molecule has 0 saturated heterocycles. The van der Waals surface area contributed by atoms with Crippen LogP contribution in [0.4, 0.5) is 0 Å². The highest BCUT2D eigenvalue weighted by atomic mass is 16.6. The maximum absolute atomic E-state index is 12.6. The molecule has 2 aromatic heterocycles. The molecule has 0 atom stereocenters. The molecule has 3 N–H and O–H groups in total. The molecule has 4 aromatic carbocycles. The lowest BCUT2D eigenvalue weighted by Crippen LogP contribution is -2.14. The molecule has 0 aliphatic carbocycles. The zero-order valence-corrected chi connectivity index (χ0v) is 29.0. The Labute approximate surface area is 299 Å². The van der Waals surface area contributed by atoms with Gasteiger partial charge in [0.05, 0.1) is 45.5 Å². The van der Waals surface area contributed by atoms with E-state index < -0.39 is 0 Å². The number of phenols is 1. The van der Waals surface area contributed by atoms with Gasteiger partial charge in [-0.05, 0) is 12.1 Å². The van der Waals surface area contributed by atoms with Crippen LogP contribution in [0.15, 0.2) is 115 Å². The van der Waals surface area contributed by atoms with E-state index in [0.29, 0.717) is 74.4 Å². The van der Waals surface area contributed by atoms with Crippen LogP contribution in [-0.2, 0) is 14.2 Å². The van der Waals surface area contributed by atoms with E-state index in [1.165, 1.54) is 25.3 Å². The van der Waals surface area contributed by atoms with Gasteiger partial charge in [-0.3, -0.25) is 9.59 Å². The molecule has 6 rings (SSSR count). The van der Waals surface area contributed by atoms with E-state index in [9.17, 15) is 14.7 Å². The summed E-state index contributed by atoms with van der Waals surface area (Å²) < 4.78 is 44.1. The Morgan fingerprint density at radius 2 is 1.27 bits per heavy atom. The normalized spacial score (nSPS) is 10.9. The number of ether oxygens (including phenoxy) is 6. The fourth-order valence-electron chi connectivity index (χ4n) is 5.14. The number of rotatable bonds is 16. The maximum atomic E-state index is 12.6. The van der Waals surface area contributed by atoms with Gasteiger partial charge in [-0.2, -0.15) is 0 Å². The zero-order valence-electron chi connectivity index (χ0n) is 29.0. The highest BCUT2D eigenvalue weighted by molar-refractivity contribution is 5.91. The summed E-state index contributed by atoms with van der Waals surface area (Å²) >= 11 is 0. The third-order valence-corrected chi connectivity index (χ3v) is 7.60. The van der Waals surface area contributed by atoms with Gasteiger partial charge in [-0.1, -0.05) is 60.7 Å². The standard InChI is InChI=1S/C22H25NO7.C18H16O4/c1-26-21-19(29-12-11-28-10-9-27-8-7-23)14-17(25)20-16(24)13-18(30-22(20)21)15-5-3-2-4-6-15;1-20-9-10-21-14-7-8-15-16(19)12-17(22-18(15)11-14)13-5-3-2-4-6-13/h2-6,13-14,25H,7-12,23H2,1H3;2-8,11-12H,9-10H2,1H3. The molecule has 0 unspecified atom stereocenters. The number of aromatic hydroxyl groups is 1. The molecule has 0 saturated carbocycles. The van der Waals surface area contributed by atoms with E-state index in [2.05, 4.69) is 0 Å². The Balaban J connectivity index is 0.000000210. The summed E-state index contributed by atoms with van der Waals surface area (Å²) in [5.74, 6) is 1.79. The van der Waals surface area contributed by atoms with Crippen molar-refractivity contribution < 1.29 is 42.4 Å². The van der Waals surface area contributed by atoms with Crippen LogP contribution in [0.25, 0.3) is 44.6 Å². The summed E-state index contributed by atoms with van der Waals surface area (Å²) in [4.78, 5) is 24.8. The van der Waals surface area contributed by atoms with Gasteiger partial charge in [0.2, 0.25) is 5.75 Å². The van der Waals surface area contributed by atoms with E-state index in [1.54, 1.807) is 25.3 Å². The first-order valence-corrected chi connectivity index (χ1v) is 16.6. The highest BCUT2D eigenvalue weighted by Gasteiger charge is 2.20. The van der Waals surface area contributed by atoms with E-state index in [1.807, 2.05) is 60.7 Å². The lowest BCUT2D eigenvalue weighted by molar-refractivity contribution is 0.0385. The molecule has 0 aliphatic rings. The van der Waals surface area contributed by atoms with E-state index in [-0.39, 0.29) is 45.7 Å². The Hall–Kier alpha value is -5.66. The summed E-state index contributed by atoms with van der Waals surface area (Å²) in [5.41, 5.74) is 7.13. The monoisotopic (exact) mass is 711 g/mol. The Morgan fingerprint density at radius 1 is 0.654 bits per heavy atom. The van der Waals surface area contributed by atoms with Crippen LogP contribution < -0.4 is 30.8 Å². The largest absolute Gasteiger partial charge is 0.507 e. The first kappa shape index (κ1) is 37.6. The average Bonchev–Trinajstić information content (AvgIpc) is 3.16. The molecule has 272 valence electrons. The van der Waals surface area contributed by atoms with Crippen molar-refractivity contribution in [2.24, 2.45) is 5.73 Å². The van der Waals surface area contributed by atoms with Gasteiger partial charge in [0, 0.05) is 49.0 Å². The van der Waals surface area contributed by atoms with Crippen LogP contribution >= 0.6 is 0 Å². The highest BCUT2D eigenvalue weighted by Crippen LogP contribution is 2.41. The third-order valence-electron chi connectivity index (χ3n) is 7.60. The second-order valence-corrected chi connectivity index (χ2v) is 11.2. The summed E-state index contributed by atoms with van der Waals surface area (Å²) in [5, 5.41) is 11.0. The van der Waals surface area contributed by atoms with Crippen molar-refractivity contribution in [3.8, 4) is 45.6 Å². The molecular formula is C40H41NO11. The second kappa shape index (κ2) is 19.1. The minimum absolute atomic E-state index is 0.0344. The van der Waals surface area contributed by atoms with Crippen molar-refractivity contribution in [3.05, 3.63) is 118 Å². The Morgan fingerprint density at radius 3 is 1.92 bits per heavy atom. The van der Waals surface area contributed by atoms with Gasteiger partial charge in [-0.15, -0.1) is 0 Å². The van der Waals surface area contributed by atoms with Crippen molar-refractivity contribution >= 4 is 21.9 Å².